The average Bonchev–Trinajstić information content (AvgIpc) is 2.38. The van der Waals surface area contributed by atoms with Gasteiger partial charge in [-0.1, -0.05) is 30.3 Å². The predicted octanol–water partition coefficient (Wildman–Crippen LogP) is 2.97. The van der Waals surface area contributed by atoms with Crippen molar-refractivity contribution in [2.75, 3.05) is 25.4 Å². The lowest BCUT2D eigenvalue weighted by Crippen LogP contribution is -2.49. The molecule has 1 saturated heterocycles. The standard InChI is InChI=1S/C16H23NOS/c1-15(2)11-17(9-10-19-15)12-16(3,13-18)14-7-5-4-6-8-14/h4-8,13H,9-12H2,1-3H3. The third-order valence-electron chi connectivity index (χ3n) is 3.75. The summed E-state index contributed by atoms with van der Waals surface area (Å²) in [5.74, 6) is 1.15. The van der Waals surface area contributed by atoms with Crippen molar-refractivity contribution in [2.24, 2.45) is 0 Å². The summed E-state index contributed by atoms with van der Waals surface area (Å²) in [6.07, 6.45) is 1.11. The molecular formula is C16H23NOS. The van der Waals surface area contributed by atoms with Crippen molar-refractivity contribution in [3.8, 4) is 0 Å². The first-order valence-corrected chi connectivity index (χ1v) is 7.82. The van der Waals surface area contributed by atoms with E-state index in [-0.39, 0.29) is 0 Å². The Morgan fingerprint density at radius 2 is 2.05 bits per heavy atom. The Hall–Kier alpha value is -0.800. The molecule has 104 valence electrons. The number of nitrogens with zero attached hydrogens (tertiary/aromatic N) is 1. The van der Waals surface area contributed by atoms with Crippen molar-refractivity contribution in [3.63, 3.8) is 0 Å². The molecule has 0 aliphatic carbocycles. The van der Waals surface area contributed by atoms with Crippen LogP contribution in [-0.2, 0) is 10.2 Å². The number of benzene rings is 1. The number of carbonyl (C=O) groups excluding carboxylic acids is 1. The highest BCUT2D eigenvalue weighted by Crippen LogP contribution is 2.31. The lowest BCUT2D eigenvalue weighted by atomic mass is 9.83. The summed E-state index contributed by atoms with van der Waals surface area (Å²) < 4.78 is 0.290. The fourth-order valence-electron chi connectivity index (χ4n) is 2.73. The zero-order valence-electron chi connectivity index (χ0n) is 12.1. The van der Waals surface area contributed by atoms with E-state index in [1.54, 1.807) is 0 Å². The fourth-order valence-corrected chi connectivity index (χ4v) is 3.91. The molecule has 1 aliphatic heterocycles. The van der Waals surface area contributed by atoms with Crippen molar-refractivity contribution in [1.29, 1.82) is 0 Å². The van der Waals surface area contributed by atoms with Crippen molar-refractivity contribution in [3.05, 3.63) is 35.9 Å². The Kier molecular flexibility index (Phi) is 4.36. The maximum absolute atomic E-state index is 11.6. The van der Waals surface area contributed by atoms with Gasteiger partial charge in [0, 0.05) is 30.1 Å². The van der Waals surface area contributed by atoms with Crippen LogP contribution in [0, 0.1) is 0 Å². The number of rotatable bonds is 4. The van der Waals surface area contributed by atoms with Crippen LogP contribution in [0.15, 0.2) is 30.3 Å². The summed E-state index contributed by atoms with van der Waals surface area (Å²) in [6, 6.07) is 10.1. The minimum absolute atomic E-state index is 0.290. The highest BCUT2D eigenvalue weighted by molar-refractivity contribution is 8.00. The smallest absolute Gasteiger partial charge is 0.131 e. The molecule has 1 aliphatic rings. The van der Waals surface area contributed by atoms with Gasteiger partial charge >= 0.3 is 0 Å². The van der Waals surface area contributed by atoms with E-state index in [9.17, 15) is 4.79 Å². The van der Waals surface area contributed by atoms with E-state index in [4.69, 9.17) is 0 Å². The van der Waals surface area contributed by atoms with Gasteiger partial charge in [0.05, 0.1) is 5.41 Å². The van der Waals surface area contributed by atoms with Crippen LogP contribution in [0.5, 0.6) is 0 Å². The topological polar surface area (TPSA) is 20.3 Å². The van der Waals surface area contributed by atoms with Gasteiger partial charge in [-0.15, -0.1) is 0 Å². The van der Waals surface area contributed by atoms with Gasteiger partial charge in [0.25, 0.3) is 0 Å². The van der Waals surface area contributed by atoms with Crippen molar-refractivity contribution < 1.29 is 4.79 Å². The summed E-state index contributed by atoms with van der Waals surface area (Å²) in [6.45, 7) is 9.54. The Morgan fingerprint density at radius 3 is 2.63 bits per heavy atom. The molecule has 3 heteroatoms. The van der Waals surface area contributed by atoms with Crippen LogP contribution in [0.25, 0.3) is 0 Å². The van der Waals surface area contributed by atoms with Gasteiger partial charge in [0.15, 0.2) is 0 Å². The van der Waals surface area contributed by atoms with Gasteiger partial charge in [-0.05, 0) is 26.3 Å². The maximum Gasteiger partial charge on any atom is 0.131 e. The molecular weight excluding hydrogens is 254 g/mol. The van der Waals surface area contributed by atoms with Gasteiger partial charge in [0.1, 0.15) is 6.29 Å². The molecule has 2 nitrogen and oxygen atoms in total. The van der Waals surface area contributed by atoms with Gasteiger partial charge in [0.2, 0.25) is 0 Å². The number of carbonyl (C=O) groups is 1. The van der Waals surface area contributed by atoms with Gasteiger partial charge in [-0.25, -0.2) is 0 Å². The lowest BCUT2D eigenvalue weighted by Gasteiger charge is -2.40. The Bertz CT molecular complexity index is 432. The average molecular weight is 277 g/mol. The van der Waals surface area contributed by atoms with Crippen molar-refractivity contribution >= 4 is 18.0 Å². The molecule has 0 aromatic heterocycles. The summed E-state index contributed by atoms with van der Waals surface area (Å²) >= 11 is 2.02. The van der Waals surface area contributed by atoms with E-state index in [0.29, 0.717) is 4.75 Å². The zero-order chi connectivity index (χ0) is 13.9. The van der Waals surface area contributed by atoms with Crippen molar-refractivity contribution in [2.45, 2.75) is 30.9 Å². The van der Waals surface area contributed by atoms with E-state index in [2.05, 4.69) is 30.9 Å². The van der Waals surface area contributed by atoms with Crippen LogP contribution in [-0.4, -0.2) is 41.3 Å². The Morgan fingerprint density at radius 1 is 1.37 bits per heavy atom. The summed E-state index contributed by atoms with van der Waals surface area (Å²) in [7, 11) is 0. The maximum atomic E-state index is 11.6. The molecule has 19 heavy (non-hydrogen) atoms. The third kappa shape index (κ3) is 3.61. The summed E-state index contributed by atoms with van der Waals surface area (Å²) in [5, 5.41) is 0. The molecule has 1 aromatic rings. The highest BCUT2D eigenvalue weighted by Gasteiger charge is 2.33. The second-order valence-corrected chi connectivity index (χ2v) is 8.02. The Balaban J connectivity index is 2.13. The summed E-state index contributed by atoms with van der Waals surface area (Å²) in [4.78, 5) is 14.1. The van der Waals surface area contributed by atoms with Crippen LogP contribution in [0.4, 0.5) is 0 Å². The second-order valence-electron chi connectivity index (χ2n) is 6.22. The number of thioether (sulfide) groups is 1. The van der Waals surface area contributed by atoms with Crippen LogP contribution in [0.3, 0.4) is 0 Å². The minimum Gasteiger partial charge on any atom is -0.302 e. The molecule has 1 heterocycles. The van der Waals surface area contributed by atoms with E-state index >= 15 is 0 Å². The van der Waals surface area contributed by atoms with Crippen LogP contribution in [0.2, 0.25) is 0 Å². The van der Waals surface area contributed by atoms with Crippen molar-refractivity contribution in [1.82, 2.24) is 4.90 Å². The first-order chi connectivity index (χ1) is 8.95. The third-order valence-corrected chi connectivity index (χ3v) is 5.05. The molecule has 0 amide bonds. The monoisotopic (exact) mass is 277 g/mol. The van der Waals surface area contributed by atoms with Crippen LogP contribution >= 0.6 is 11.8 Å². The molecule has 1 aromatic carbocycles. The molecule has 0 bridgehead atoms. The number of aldehydes is 1. The molecule has 2 rings (SSSR count). The summed E-state index contributed by atoms with van der Waals surface area (Å²) in [5.41, 5.74) is 0.709. The molecule has 1 fully saturated rings. The van der Waals surface area contributed by atoms with Gasteiger partial charge in [-0.3, -0.25) is 4.90 Å². The fraction of sp³-hybridized carbons (Fsp3) is 0.562. The zero-order valence-corrected chi connectivity index (χ0v) is 12.9. The minimum atomic E-state index is -0.403. The molecule has 0 radical (unpaired) electrons. The predicted molar refractivity (Wildman–Crippen MR) is 82.8 cm³/mol. The van der Waals surface area contributed by atoms with E-state index in [1.165, 1.54) is 0 Å². The lowest BCUT2D eigenvalue weighted by molar-refractivity contribution is -0.112. The highest BCUT2D eigenvalue weighted by atomic mass is 32.2. The number of hydrogen-bond donors (Lipinski definition) is 0. The van der Waals surface area contributed by atoms with Crippen LogP contribution in [0.1, 0.15) is 26.3 Å². The molecule has 1 unspecified atom stereocenters. The SMILES string of the molecule is CC1(C)CN(CC(C)(C=O)c2ccccc2)CCS1. The van der Waals surface area contributed by atoms with Crippen LogP contribution < -0.4 is 0 Å². The molecule has 0 spiro atoms. The van der Waals surface area contributed by atoms with E-state index in [0.717, 1.165) is 37.2 Å². The first kappa shape index (κ1) is 14.6. The normalized spacial score (nSPS) is 22.7. The number of hydrogen-bond acceptors (Lipinski definition) is 3. The van der Waals surface area contributed by atoms with Gasteiger partial charge < -0.3 is 4.79 Å². The molecule has 0 saturated carbocycles. The van der Waals surface area contributed by atoms with Gasteiger partial charge in [-0.2, -0.15) is 11.8 Å². The molecule has 0 N–H and O–H groups in total. The van der Waals surface area contributed by atoms with E-state index in [1.807, 2.05) is 36.9 Å². The Labute approximate surface area is 120 Å². The first-order valence-electron chi connectivity index (χ1n) is 6.83. The quantitative estimate of drug-likeness (QED) is 0.789. The second kappa shape index (κ2) is 5.68. The van der Waals surface area contributed by atoms with E-state index < -0.39 is 5.41 Å². The largest absolute Gasteiger partial charge is 0.302 e. The molecule has 1 atom stereocenters.